The van der Waals surface area contributed by atoms with E-state index in [1.54, 1.807) is 0 Å². The van der Waals surface area contributed by atoms with E-state index in [-0.39, 0.29) is 0 Å². The number of nitrogens with one attached hydrogen (secondary N) is 1. The minimum atomic E-state index is 0.301. The van der Waals surface area contributed by atoms with Gasteiger partial charge in [-0.15, -0.1) is 0 Å². The van der Waals surface area contributed by atoms with E-state index in [2.05, 4.69) is 72.7 Å². The van der Waals surface area contributed by atoms with Crippen molar-refractivity contribution in [2.45, 2.75) is 19.5 Å². The topological polar surface area (TPSA) is 15.3 Å². The van der Waals surface area contributed by atoms with Crippen molar-refractivity contribution in [3.05, 3.63) is 60.7 Å². The van der Waals surface area contributed by atoms with E-state index in [0.29, 0.717) is 6.17 Å². The molecule has 0 aliphatic rings. The van der Waals surface area contributed by atoms with Crippen LogP contribution >= 0.6 is 0 Å². The summed E-state index contributed by atoms with van der Waals surface area (Å²) in [4.78, 5) is 2.27. The van der Waals surface area contributed by atoms with Gasteiger partial charge in [-0.1, -0.05) is 43.3 Å². The van der Waals surface area contributed by atoms with Crippen molar-refractivity contribution < 1.29 is 0 Å². The Morgan fingerprint density at radius 3 is 2.06 bits per heavy atom. The zero-order valence-electron chi connectivity index (χ0n) is 11.0. The number of benzene rings is 2. The molecule has 0 aliphatic carbocycles. The summed E-state index contributed by atoms with van der Waals surface area (Å²) in [6, 6.07) is 20.8. The predicted molar refractivity (Wildman–Crippen MR) is 79.0 cm³/mol. The molecular weight excluding hydrogens is 220 g/mol. The van der Waals surface area contributed by atoms with Crippen LogP contribution in [0.1, 0.15) is 13.3 Å². The van der Waals surface area contributed by atoms with Crippen LogP contribution in [0.3, 0.4) is 0 Å². The number of hydrogen-bond acceptors (Lipinski definition) is 2. The summed E-state index contributed by atoms with van der Waals surface area (Å²) in [6.07, 6.45) is 1.34. The second-order valence-electron chi connectivity index (χ2n) is 4.38. The average molecular weight is 240 g/mol. The van der Waals surface area contributed by atoms with E-state index in [9.17, 15) is 0 Å². The van der Waals surface area contributed by atoms with Crippen molar-refractivity contribution in [3.63, 3.8) is 0 Å². The third kappa shape index (κ3) is 3.04. The molecule has 0 bridgehead atoms. The molecule has 0 saturated heterocycles. The molecule has 0 fully saturated rings. The first-order chi connectivity index (χ1) is 8.81. The van der Waals surface area contributed by atoms with Crippen LogP contribution < -0.4 is 10.2 Å². The summed E-state index contributed by atoms with van der Waals surface area (Å²) in [5.74, 6) is 0. The second-order valence-corrected chi connectivity index (χ2v) is 4.38. The Bertz CT molecular complexity index is 453. The standard InChI is InChI=1S/C16H20N2/c1-3-16(17-14-10-6-4-7-11-14)18(2)15-12-8-5-9-13-15/h4-13,16-17H,3H2,1-2H3. The zero-order chi connectivity index (χ0) is 12.8. The fourth-order valence-electron chi connectivity index (χ4n) is 2.04. The van der Waals surface area contributed by atoms with Gasteiger partial charge in [0, 0.05) is 18.4 Å². The van der Waals surface area contributed by atoms with Gasteiger partial charge in [0.2, 0.25) is 0 Å². The van der Waals surface area contributed by atoms with Gasteiger partial charge in [0.15, 0.2) is 0 Å². The van der Waals surface area contributed by atoms with E-state index >= 15 is 0 Å². The number of anilines is 2. The molecule has 2 nitrogen and oxygen atoms in total. The third-order valence-electron chi connectivity index (χ3n) is 3.12. The summed E-state index contributed by atoms with van der Waals surface area (Å²) in [5.41, 5.74) is 2.39. The van der Waals surface area contributed by atoms with Gasteiger partial charge in [0.25, 0.3) is 0 Å². The van der Waals surface area contributed by atoms with Crippen LogP contribution in [0.4, 0.5) is 11.4 Å². The Hall–Kier alpha value is -1.96. The molecule has 0 heterocycles. The summed E-state index contributed by atoms with van der Waals surface area (Å²) in [6.45, 7) is 2.19. The van der Waals surface area contributed by atoms with Crippen molar-refractivity contribution in [1.29, 1.82) is 0 Å². The minimum absolute atomic E-state index is 0.301. The maximum atomic E-state index is 3.55. The molecule has 2 heteroatoms. The van der Waals surface area contributed by atoms with Crippen LogP contribution in [0, 0.1) is 0 Å². The van der Waals surface area contributed by atoms with Gasteiger partial charge in [0.1, 0.15) is 0 Å². The Balaban J connectivity index is 2.09. The van der Waals surface area contributed by atoms with Gasteiger partial charge in [-0.2, -0.15) is 0 Å². The molecule has 0 aliphatic heterocycles. The maximum Gasteiger partial charge on any atom is 0.0984 e. The van der Waals surface area contributed by atoms with Crippen molar-refractivity contribution in [3.8, 4) is 0 Å². The predicted octanol–water partition coefficient (Wildman–Crippen LogP) is 3.97. The Morgan fingerprint density at radius 2 is 1.50 bits per heavy atom. The molecule has 94 valence electrons. The van der Waals surface area contributed by atoms with Gasteiger partial charge in [0.05, 0.1) is 6.17 Å². The molecule has 2 aromatic carbocycles. The summed E-state index contributed by atoms with van der Waals surface area (Å²) < 4.78 is 0. The minimum Gasteiger partial charge on any atom is -0.365 e. The first-order valence-electron chi connectivity index (χ1n) is 6.40. The van der Waals surface area contributed by atoms with Gasteiger partial charge in [-0.05, 0) is 30.7 Å². The van der Waals surface area contributed by atoms with Gasteiger partial charge in [-0.3, -0.25) is 0 Å². The fourth-order valence-corrected chi connectivity index (χ4v) is 2.04. The van der Waals surface area contributed by atoms with Crippen LogP contribution in [0.2, 0.25) is 0 Å². The van der Waals surface area contributed by atoms with E-state index < -0.39 is 0 Å². The number of hydrogen-bond donors (Lipinski definition) is 1. The number of rotatable bonds is 5. The molecule has 0 aromatic heterocycles. The SMILES string of the molecule is CCC(Nc1ccccc1)N(C)c1ccccc1. The van der Waals surface area contributed by atoms with Crippen LogP contribution in [0.15, 0.2) is 60.7 Å². The largest absolute Gasteiger partial charge is 0.365 e. The highest BCUT2D eigenvalue weighted by molar-refractivity contribution is 5.50. The molecule has 0 spiro atoms. The molecule has 1 atom stereocenters. The lowest BCUT2D eigenvalue weighted by atomic mass is 10.2. The quantitative estimate of drug-likeness (QED) is 0.795. The second kappa shape index (κ2) is 6.10. The average Bonchev–Trinajstić information content (AvgIpc) is 2.46. The smallest absolute Gasteiger partial charge is 0.0984 e. The van der Waals surface area contributed by atoms with Crippen LogP contribution in [-0.4, -0.2) is 13.2 Å². The van der Waals surface area contributed by atoms with Gasteiger partial charge >= 0.3 is 0 Å². The molecule has 0 amide bonds. The molecular formula is C16H20N2. The van der Waals surface area contributed by atoms with E-state index in [1.807, 2.05) is 12.1 Å². The first-order valence-corrected chi connectivity index (χ1v) is 6.40. The molecule has 0 saturated carbocycles. The normalized spacial score (nSPS) is 11.9. The van der Waals surface area contributed by atoms with E-state index in [4.69, 9.17) is 0 Å². The van der Waals surface area contributed by atoms with Gasteiger partial charge in [-0.25, -0.2) is 0 Å². The molecule has 1 N–H and O–H groups in total. The summed E-state index contributed by atoms with van der Waals surface area (Å²) in [7, 11) is 2.12. The Kier molecular flexibility index (Phi) is 4.24. The molecule has 1 unspecified atom stereocenters. The summed E-state index contributed by atoms with van der Waals surface area (Å²) >= 11 is 0. The van der Waals surface area contributed by atoms with E-state index in [0.717, 1.165) is 12.1 Å². The monoisotopic (exact) mass is 240 g/mol. The number of nitrogens with zero attached hydrogens (tertiary/aromatic N) is 1. The van der Waals surface area contributed by atoms with Gasteiger partial charge < -0.3 is 10.2 Å². The molecule has 2 aromatic rings. The lowest BCUT2D eigenvalue weighted by Gasteiger charge is -2.30. The van der Waals surface area contributed by atoms with E-state index in [1.165, 1.54) is 5.69 Å². The zero-order valence-corrected chi connectivity index (χ0v) is 11.0. The highest BCUT2D eigenvalue weighted by Crippen LogP contribution is 2.18. The van der Waals surface area contributed by atoms with Crippen molar-refractivity contribution in [1.82, 2.24) is 0 Å². The third-order valence-corrected chi connectivity index (χ3v) is 3.12. The molecule has 0 radical (unpaired) electrons. The van der Waals surface area contributed by atoms with Crippen LogP contribution in [0.25, 0.3) is 0 Å². The number of para-hydroxylation sites is 2. The Morgan fingerprint density at radius 1 is 0.944 bits per heavy atom. The highest BCUT2D eigenvalue weighted by Gasteiger charge is 2.12. The van der Waals surface area contributed by atoms with Crippen LogP contribution in [0.5, 0.6) is 0 Å². The Labute approximate surface area is 109 Å². The summed E-state index contributed by atoms with van der Waals surface area (Å²) in [5, 5.41) is 3.55. The molecule has 18 heavy (non-hydrogen) atoms. The fraction of sp³-hybridized carbons (Fsp3) is 0.250. The van der Waals surface area contributed by atoms with Crippen molar-refractivity contribution in [2.24, 2.45) is 0 Å². The lowest BCUT2D eigenvalue weighted by Crippen LogP contribution is -2.37. The highest BCUT2D eigenvalue weighted by atomic mass is 15.2. The maximum absolute atomic E-state index is 3.55. The lowest BCUT2D eigenvalue weighted by molar-refractivity contribution is 0.678. The van der Waals surface area contributed by atoms with Crippen LogP contribution in [-0.2, 0) is 0 Å². The van der Waals surface area contributed by atoms with Crippen molar-refractivity contribution in [2.75, 3.05) is 17.3 Å². The molecule has 2 rings (SSSR count). The van der Waals surface area contributed by atoms with Crippen molar-refractivity contribution >= 4 is 11.4 Å². The first kappa shape index (κ1) is 12.5.